The third-order valence-electron chi connectivity index (χ3n) is 4.21. The molecule has 0 atom stereocenters. The first-order chi connectivity index (χ1) is 15.3. The SMILES string of the molecule is N#C/C(=C/c1cc(Br)ccc1OCc1ccc(Cl)c(Cl)c1)C(=O)Nc1cccc(Cl)c1Cl. The normalized spacial score (nSPS) is 11.1. The summed E-state index contributed by atoms with van der Waals surface area (Å²) in [7, 11) is 0. The summed E-state index contributed by atoms with van der Waals surface area (Å²) in [5.41, 5.74) is 1.50. The lowest BCUT2D eigenvalue weighted by Gasteiger charge is -2.11. The van der Waals surface area contributed by atoms with E-state index in [-0.39, 0.29) is 22.2 Å². The van der Waals surface area contributed by atoms with Gasteiger partial charge in [0.05, 0.1) is 25.8 Å². The van der Waals surface area contributed by atoms with Crippen molar-refractivity contribution in [2.45, 2.75) is 6.61 Å². The number of hydrogen-bond acceptors (Lipinski definition) is 3. The maximum absolute atomic E-state index is 12.7. The highest BCUT2D eigenvalue weighted by Gasteiger charge is 2.14. The second kappa shape index (κ2) is 11.1. The lowest BCUT2D eigenvalue weighted by molar-refractivity contribution is -0.112. The van der Waals surface area contributed by atoms with Crippen LogP contribution in [0.15, 0.2) is 64.6 Å². The van der Waals surface area contributed by atoms with Crippen molar-refractivity contribution in [3.05, 3.63) is 95.9 Å². The smallest absolute Gasteiger partial charge is 0.266 e. The van der Waals surface area contributed by atoms with Crippen molar-refractivity contribution in [2.75, 3.05) is 5.32 Å². The quantitative estimate of drug-likeness (QED) is 0.240. The Balaban J connectivity index is 1.85. The molecule has 32 heavy (non-hydrogen) atoms. The minimum Gasteiger partial charge on any atom is -0.488 e. The molecule has 0 aliphatic heterocycles. The van der Waals surface area contributed by atoms with Crippen LogP contribution in [0.2, 0.25) is 20.1 Å². The molecule has 0 saturated carbocycles. The van der Waals surface area contributed by atoms with Gasteiger partial charge in [0.1, 0.15) is 24.0 Å². The molecule has 1 N–H and O–H groups in total. The molecule has 3 aromatic carbocycles. The minimum atomic E-state index is -0.632. The molecule has 9 heteroatoms. The van der Waals surface area contributed by atoms with E-state index in [1.54, 1.807) is 54.6 Å². The number of carbonyl (C=O) groups excluding carboxylic acids is 1. The molecule has 0 aliphatic rings. The van der Waals surface area contributed by atoms with Crippen LogP contribution in [0.4, 0.5) is 5.69 Å². The van der Waals surface area contributed by atoms with Crippen molar-refractivity contribution < 1.29 is 9.53 Å². The summed E-state index contributed by atoms with van der Waals surface area (Å²) in [4.78, 5) is 12.7. The Hall–Kier alpha value is -2.20. The highest BCUT2D eigenvalue weighted by Crippen LogP contribution is 2.31. The monoisotopic (exact) mass is 568 g/mol. The first-order valence-electron chi connectivity index (χ1n) is 9.02. The van der Waals surface area contributed by atoms with Crippen LogP contribution in [0.3, 0.4) is 0 Å². The summed E-state index contributed by atoms with van der Waals surface area (Å²) >= 11 is 27.5. The molecule has 0 unspecified atom stereocenters. The second-order valence-electron chi connectivity index (χ2n) is 6.44. The predicted octanol–water partition coefficient (Wildman–Crippen LogP) is 8.19. The zero-order valence-electron chi connectivity index (χ0n) is 16.1. The van der Waals surface area contributed by atoms with Gasteiger partial charge in [-0.25, -0.2) is 0 Å². The number of anilines is 1. The molecule has 0 radical (unpaired) electrons. The Morgan fingerprint density at radius 3 is 2.53 bits per heavy atom. The molecule has 4 nitrogen and oxygen atoms in total. The zero-order valence-corrected chi connectivity index (χ0v) is 20.7. The molecular weight excluding hydrogens is 558 g/mol. The fraction of sp³-hybridized carbons (Fsp3) is 0.0435. The number of rotatable bonds is 6. The van der Waals surface area contributed by atoms with Crippen molar-refractivity contribution in [1.29, 1.82) is 5.26 Å². The summed E-state index contributed by atoms with van der Waals surface area (Å²) in [6.07, 6.45) is 1.43. The topological polar surface area (TPSA) is 62.1 Å². The maximum atomic E-state index is 12.7. The van der Waals surface area contributed by atoms with Gasteiger partial charge in [-0.2, -0.15) is 5.26 Å². The van der Waals surface area contributed by atoms with Crippen molar-refractivity contribution in [3.8, 4) is 11.8 Å². The highest BCUT2D eigenvalue weighted by molar-refractivity contribution is 9.10. The molecule has 0 saturated heterocycles. The van der Waals surface area contributed by atoms with E-state index in [0.717, 1.165) is 10.0 Å². The minimum absolute atomic E-state index is 0.140. The second-order valence-corrected chi connectivity index (χ2v) is 8.96. The Kier molecular flexibility index (Phi) is 8.47. The molecule has 0 aliphatic carbocycles. The van der Waals surface area contributed by atoms with E-state index in [1.165, 1.54) is 6.08 Å². The van der Waals surface area contributed by atoms with Crippen molar-refractivity contribution in [1.82, 2.24) is 0 Å². The van der Waals surface area contributed by atoms with Crippen LogP contribution in [0.25, 0.3) is 6.08 Å². The third-order valence-corrected chi connectivity index (χ3v) is 6.27. The average Bonchev–Trinajstić information content (AvgIpc) is 2.76. The summed E-state index contributed by atoms with van der Waals surface area (Å²) in [6, 6.07) is 17.2. The van der Waals surface area contributed by atoms with E-state index >= 15 is 0 Å². The van der Waals surface area contributed by atoms with E-state index in [2.05, 4.69) is 21.2 Å². The van der Waals surface area contributed by atoms with Crippen molar-refractivity contribution >= 4 is 80.0 Å². The highest BCUT2D eigenvalue weighted by atomic mass is 79.9. The van der Waals surface area contributed by atoms with E-state index in [1.807, 2.05) is 6.07 Å². The van der Waals surface area contributed by atoms with E-state index in [0.29, 0.717) is 27.0 Å². The molecule has 0 aromatic heterocycles. The molecule has 0 heterocycles. The Morgan fingerprint density at radius 1 is 1.03 bits per heavy atom. The van der Waals surface area contributed by atoms with Gasteiger partial charge in [0.25, 0.3) is 5.91 Å². The number of carbonyl (C=O) groups is 1. The number of benzene rings is 3. The molecule has 3 rings (SSSR count). The van der Waals surface area contributed by atoms with Crippen molar-refractivity contribution in [3.63, 3.8) is 0 Å². The largest absolute Gasteiger partial charge is 0.488 e. The number of hydrogen-bond donors (Lipinski definition) is 1. The van der Waals surface area contributed by atoms with Gasteiger partial charge in [-0.1, -0.05) is 74.5 Å². The van der Waals surface area contributed by atoms with Crippen molar-refractivity contribution in [2.24, 2.45) is 0 Å². The van der Waals surface area contributed by atoms with Crippen LogP contribution >= 0.6 is 62.3 Å². The number of ether oxygens (including phenoxy) is 1. The van der Waals surface area contributed by atoms with Gasteiger partial charge in [-0.05, 0) is 54.1 Å². The third kappa shape index (κ3) is 6.19. The fourth-order valence-electron chi connectivity index (χ4n) is 2.65. The first-order valence-corrected chi connectivity index (χ1v) is 11.3. The molecule has 1 amide bonds. The van der Waals surface area contributed by atoms with E-state index in [9.17, 15) is 10.1 Å². The Bertz CT molecular complexity index is 1260. The molecule has 0 spiro atoms. The van der Waals surface area contributed by atoms with E-state index < -0.39 is 5.91 Å². The molecule has 0 bridgehead atoms. The lowest BCUT2D eigenvalue weighted by atomic mass is 10.1. The molecular formula is C23H13BrCl4N2O2. The van der Waals surface area contributed by atoms with Gasteiger partial charge in [-0.15, -0.1) is 0 Å². The summed E-state index contributed by atoms with van der Waals surface area (Å²) in [5, 5.41) is 13.5. The number of nitrogens with one attached hydrogen (secondary N) is 1. The Labute approximate surface area is 213 Å². The molecule has 3 aromatic rings. The lowest BCUT2D eigenvalue weighted by Crippen LogP contribution is -2.14. The predicted molar refractivity (Wildman–Crippen MR) is 134 cm³/mol. The number of halogens is 5. The molecule has 0 fully saturated rings. The summed E-state index contributed by atoms with van der Waals surface area (Å²) in [6.45, 7) is 0.214. The summed E-state index contributed by atoms with van der Waals surface area (Å²) < 4.78 is 6.66. The van der Waals surface area contributed by atoms with Gasteiger partial charge in [0.15, 0.2) is 0 Å². The zero-order chi connectivity index (χ0) is 23.3. The Morgan fingerprint density at radius 2 is 1.81 bits per heavy atom. The van der Waals surface area contributed by atoms with Crippen LogP contribution in [0.1, 0.15) is 11.1 Å². The first kappa shape index (κ1) is 24.4. The van der Waals surface area contributed by atoms with Gasteiger partial charge in [0.2, 0.25) is 0 Å². The van der Waals surface area contributed by atoms with Crippen LogP contribution < -0.4 is 10.1 Å². The van der Waals surface area contributed by atoms with Crippen LogP contribution in [-0.2, 0) is 11.4 Å². The van der Waals surface area contributed by atoms with E-state index in [4.69, 9.17) is 51.1 Å². The van der Waals surface area contributed by atoms with Gasteiger partial charge < -0.3 is 10.1 Å². The van der Waals surface area contributed by atoms with Crippen LogP contribution in [0, 0.1) is 11.3 Å². The number of nitriles is 1. The van der Waals surface area contributed by atoms with Gasteiger partial charge in [0, 0.05) is 10.0 Å². The maximum Gasteiger partial charge on any atom is 0.266 e. The number of amides is 1. The average molecular weight is 571 g/mol. The fourth-order valence-corrected chi connectivity index (χ4v) is 3.70. The molecule has 162 valence electrons. The summed E-state index contributed by atoms with van der Waals surface area (Å²) in [5.74, 6) is -0.160. The van der Waals surface area contributed by atoms with Gasteiger partial charge >= 0.3 is 0 Å². The number of nitrogens with zero attached hydrogens (tertiary/aromatic N) is 1. The van der Waals surface area contributed by atoms with Crippen LogP contribution in [-0.4, -0.2) is 5.91 Å². The van der Waals surface area contributed by atoms with Gasteiger partial charge in [-0.3, -0.25) is 4.79 Å². The van der Waals surface area contributed by atoms with Crippen LogP contribution in [0.5, 0.6) is 5.75 Å². The standard InChI is InChI=1S/C23H13BrCl4N2O2/c24-16-5-7-21(32-12-13-4-6-17(25)19(27)8-13)14(10-16)9-15(11-29)23(31)30-20-3-1-2-18(26)22(20)28/h1-10H,12H2,(H,30,31)/b15-9-.